The van der Waals surface area contributed by atoms with Gasteiger partial charge in [0.05, 0.1) is 12.7 Å². The SMILES string of the molecule is FC(F)Oc1ccc(Br)cc1CNCC1CN(C2CC2)CCO1. The number of rotatable bonds is 7. The largest absolute Gasteiger partial charge is 0.434 e. The lowest BCUT2D eigenvalue weighted by molar-refractivity contribution is -0.0506. The van der Waals surface area contributed by atoms with E-state index in [4.69, 9.17) is 4.74 Å². The topological polar surface area (TPSA) is 33.7 Å². The Balaban J connectivity index is 1.50. The highest BCUT2D eigenvalue weighted by atomic mass is 79.9. The predicted molar refractivity (Wildman–Crippen MR) is 86.8 cm³/mol. The van der Waals surface area contributed by atoms with Gasteiger partial charge in [-0.05, 0) is 31.0 Å². The first kappa shape index (κ1) is 17.1. The van der Waals surface area contributed by atoms with Crippen LogP contribution in [0.2, 0.25) is 0 Å². The molecule has 3 rings (SSSR count). The second-order valence-electron chi connectivity index (χ2n) is 5.98. The molecule has 0 amide bonds. The van der Waals surface area contributed by atoms with Crippen LogP contribution in [0.1, 0.15) is 18.4 Å². The molecule has 128 valence electrons. The first-order valence-corrected chi connectivity index (χ1v) is 8.70. The van der Waals surface area contributed by atoms with E-state index >= 15 is 0 Å². The molecule has 1 saturated heterocycles. The molecule has 1 N–H and O–H groups in total. The minimum absolute atomic E-state index is 0.149. The lowest BCUT2D eigenvalue weighted by Crippen LogP contribution is -2.47. The molecule has 4 nitrogen and oxygen atoms in total. The van der Waals surface area contributed by atoms with E-state index in [2.05, 4.69) is 30.9 Å². The third-order valence-electron chi connectivity index (χ3n) is 4.16. The van der Waals surface area contributed by atoms with Crippen LogP contribution in [0.15, 0.2) is 22.7 Å². The van der Waals surface area contributed by atoms with Gasteiger partial charge < -0.3 is 14.8 Å². The van der Waals surface area contributed by atoms with E-state index in [1.54, 1.807) is 18.2 Å². The van der Waals surface area contributed by atoms with Gasteiger partial charge in [0.2, 0.25) is 0 Å². The van der Waals surface area contributed by atoms with Gasteiger partial charge in [-0.25, -0.2) is 0 Å². The zero-order valence-corrected chi connectivity index (χ0v) is 14.4. The number of ether oxygens (including phenoxy) is 2. The van der Waals surface area contributed by atoms with Crippen LogP contribution in [0.5, 0.6) is 5.75 Å². The summed E-state index contributed by atoms with van der Waals surface area (Å²) in [5.74, 6) is 0.208. The molecule has 1 aliphatic carbocycles. The predicted octanol–water partition coefficient (Wildman–Crippen LogP) is 3.00. The number of hydrogen-bond donors (Lipinski definition) is 1. The van der Waals surface area contributed by atoms with E-state index in [1.807, 2.05) is 0 Å². The lowest BCUT2D eigenvalue weighted by Gasteiger charge is -2.33. The average molecular weight is 391 g/mol. The van der Waals surface area contributed by atoms with Crippen LogP contribution in [0.4, 0.5) is 8.78 Å². The minimum atomic E-state index is -2.82. The zero-order valence-electron chi connectivity index (χ0n) is 12.8. The number of hydrogen-bond acceptors (Lipinski definition) is 4. The Morgan fingerprint density at radius 3 is 2.96 bits per heavy atom. The van der Waals surface area contributed by atoms with Crippen molar-refractivity contribution in [1.29, 1.82) is 0 Å². The van der Waals surface area contributed by atoms with Crippen molar-refractivity contribution in [2.75, 3.05) is 26.2 Å². The molecule has 1 aliphatic heterocycles. The van der Waals surface area contributed by atoms with Gasteiger partial charge >= 0.3 is 6.61 Å². The van der Waals surface area contributed by atoms with Gasteiger partial charge in [0.15, 0.2) is 0 Å². The van der Waals surface area contributed by atoms with Crippen LogP contribution < -0.4 is 10.1 Å². The molecule has 0 spiro atoms. The molecule has 1 atom stereocenters. The van der Waals surface area contributed by atoms with Gasteiger partial charge in [-0.3, -0.25) is 4.90 Å². The van der Waals surface area contributed by atoms with Gasteiger partial charge in [0.25, 0.3) is 0 Å². The lowest BCUT2D eigenvalue weighted by atomic mass is 10.2. The van der Waals surface area contributed by atoms with Gasteiger partial charge in [-0.15, -0.1) is 0 Å². The molecule has 0 radical (unpaired) electrons. The van der Waals surface area contributed by atoms with Gasteiger partial charge in [0.1, 0.15) is 5.75 Å². The Bertz CT molecular complexity index is 529. The molecule has 0 aromatic heterocycles. The van der Waals surface area contributed by atoms with Crippen LogP contribution in [-0.2, 0) is 11.3 Å². The quantitative estimate of drug-likeness (QED) is 0.775. The fourth-order valence-electron chi connectivity index (χ4n) is 2.90. The van der Waals surface area contributed by atoms with Crippen molar-refractivity contribution in [2.24, 2.45) is 0 Å². The Hall–Kier alpha value is -0.760. The fraction of sp³-hybridized carbons (Fsp3) is 0.625. The zero-order chi connectivity index (χ0) is 16.2. The van der Waals surface area contributed by atoms with Crippen LogP contribution in [-0.4, -0.2) is 49.9 Å². The summed E-state index contributed by atoms with van der Waals surface area (Å²) in [7, 11) is 0. The molecule has 1 saturated carbocycles. The maximum absolute atomic E-state index is 12.5. The molecule has 0 bridgehead atoms. The number of nitrogens with one attached hydrogen (secondary N) is 1. The van der Waals surface area contributed by atoms with Crippen LogP contribution in [0.3, 0.4) is 0 Å². The summed E-state index contributed by atoms with van der Waals surface area (Å²) in [4.78, 5) is 2.49. The molecule has 1 heterocycles. The van der Waals surface area contributed by atoms with Crippen molar-refractivity contribution in [3.05, 3.63) is 28.2 Å². The summed E-state index contributed by atoms with van der Waals surface area (Å²) in [5.41, 5.74) is 0.703. The minimum Gasteiger partial charge on any atom is -0.434 e. The third-order valence-corrected chi connectivity index (χ3v) is 4.65. The highest BCUT2D eigenvalue weighted by molar-refractivity contribution is 9.10. The molecule has 2 fully saturated rings. The van der Waals surface area contributed by atoms with Gasteiger partial charge in [-0.1, -0.05) is 15.9 Å². The Labute approximate surface area is 143 Å². The number of nitrogens with zero attached hydrogens (tertiary/aromatic N) is 1. The maximum atomic E-state index is 12.5. The van der Waals surface area contributed by atoms with Crippen LogP contribution in [0, 0.1) is 0 Å². The van der Waals surface area contributed by atoms with Crippen molar-refractivity contribution >= 4 is 15.9 Å². The van der Waals surface area contributed by atoms with Crippen molar-refractivity contribution in [1.82, 2.24) is 10.2 Å². The highest BCUT2D eigenvalue weighted by Crippen LogP contribution is 2.28. The monoisotopic (exact) mass is 390 g/mol. The summed E-state index contributed by atoms with van der Waals surface area (Å²) in [6, 6.07) is 5.79. The standard InChI is InChI=1S/C16H21BrF2N2O2/c17-12-1-4-15(23-16(18)19)11(7-12)8-20-9-14-10-21(5-6-22-14)13-2-3-13/h1,4,7,13-14,16,20H,2-3,5-6,8-10H2. The van der Waals surface area contributed by atoms with E-state index in [0.717, 1.165) is 30.2 Å². The van der Waals surface area contributed by atoms with Crippen molar-refractivity contribution in [3.8, 4) is 5.75 Å². The number of morpholine rings is 1. The smallest absolute Gasteiger partial charge is 0.387 e. The van der Waals surface area contributed by atoms with E-state index in [0.29, 0.717) is 18.7 Å². The highest BCUT2D eigenvalue weighted by Gasteiger charge is 2.32. The molecular weight excluding hydrogens is 370 g/mol. The summed E-state index contributed by atoms with van der Waals surface area (Å²) >= 11 is 3.36. The fourth-order valence-corrected chi connectivity index (χ4v) is 3.31. The Morgan fingerprint density at radius 2 is 2.22 bits per heavy atom. The van der Waals surface area contributed by atoms with Gasteiger partial charge in [-0.2, -0.15) is 8.78 Å². The Kier molecular flexibility index (Phi) is 5.85. The van der Waals surface area contributed by atoms with Crippen LogP contribution in [0.25, 0.3) is 0 Å². The number of halogens is 3. The first-order valence-electron chi connectivity index (χ1n) is 7.91. The third kappa shape index (κ3) is 5.11. The Morgan fingerprint density at radius 1 is 1.39 bits per heavy atom. The molecule has 7 heteroatoms. The number of alkyl halides is 2. The second-order valence-corrected chi connectivity index (χ2v) is 6.90. The van der Waals surface area contributed by atoms with Crippen molar-refractivity contribution in [2.45, 2.75) is 38.1 Å². The van der Waals surface area contributed by atoms with Crippen LogP contribution >= 0.6 is 15.9 Å². The molecule has 23 heavy (non-hydrogen) atoms. The second kappa shape index (κ2) is 7.88. The molecule has 1 aromatic carbocycles. The van der Waals surface area contributed by atoms with E-state index in [-0.39, 0.29) is 11.9 Å². The first-order chi connectivity index (χ1) is 11.1. The normalized spacial score (nSPS) is 22.5. The summed E-state index contributed by atoms with van der Waals surface area (Å²) < 4.78 is 36.1. The van der Waals surface area contributed by atoms with E-state index < -0.39 is 6.61 Å². The summed E-state index contributed by atoms with van der Waals surface area (Å²) in [5, 5.41) is 3.29. The molecular formula is C16H21BrF2N2O2. The molecule has 1 aromatic rings. The molecule has 1 unspecified atom stereocenters. The van der Waals surface area contributed by atoms with Crippen molar-refractivity contribution < 1.29 is 18.3 Å². The summed E-state index contributed by atoms with van der Waals surface area (Å²) in [6.45, 7) is 1.06. The number of benzene rings is 1. The van der Waals surface area contributed by atoms with Crippen molar-refractivity contribution in [3.63, 3.8) is 0 Å². The average Bonchev–Trinajstić information content (AvgIpc) is 3.35. The van der Waals surface area contributed by atoms with E-state index in [9.17, 15) is 8.78 Å². The van der Waals surface area contributed by atoms with E-state index in [1.165, 1.54) is 12.8 Å². The summed E-state index contributed by atoms with van der Waals surface area (Å²) in [6.07, 6.45) is 2.75. The maximum Gasteiger partial charge on any atom is 0.387 e. The molecule has 2 aliphatic rings. The van der Waals surface area contributed by atoms with Gasteiger partial charge in [0, 0.05) is 42.3 Å².